The highest BCUT2D eigenvalue weighted by molar-refractivity contribution is 8.00. The van der Waals surface area contributed by atoms with E-state index < -0.39 is 17.1 Å². The second-order valence-corrected chi connectivity index (χ2v) is 11.1. The average Bonchev–Trinajstić information content (AvgIpc) is 3.06. The van der Waals surface area contributed by atoms with Crippen molar-refractivity contribution in [1.82, 2.24) is 5.32 Å². The molecule has 1 unspecified atom stereocenters. The molecular formula is C35H35N3O6S. The highest BCUT2D eigenvalue weighted by Gasteiger charge is 2.18. The first kappa shape index (κ1) is 32.7. The van der Waals surface area contributed by atoms with E-state index in [9.17, 15) is 14.4 Å². The van der Waals surface area contributed by atoms with Gasteiger partial charge in [0.25, 0.3) is 11.8 Å². The van der Waals surface area contributed by atoms with E-state index in [0.717, 1.165) is 4.90 Å². The maximum Gasteiger partial charge on any atom is 0.272 e. The predicted octanol–water partition coefficient (Wildman–Crippen LogP) is 6.63. The number of para-hydroxylation sites is 1. The van der Waals surface area contributed by atoms with Gasteiger partial charge in [-0.3, -0.25) is 14.4 Å². The molecule has 1 atom stereocenters. The molecule has 9 nitrogen and oxygen atoms in total. The van der Waals surface area contributed by atoms with Gasteiger partial charge in [-0.15, -0.1) is 11.8 Å². The third-order valence-corrected chi connectivity index (χ3v) is 7.57. The van der Waals surface area contributed by atoms with E-state index in [1.54, 1.807) is 93.9 Å². The Bertz CT molecular complexity index is 1640. The lowest BCUT2D eigenvalue weighted by Crippen LogP contribution is -2.30. The van der Waals surface area contributed by atoms with E-state index in [2.05, 4.69) is 16.0 Å². The lowest BCUT2D eigenvalue weighted by Gasteiger charge is -2.15. The Kier molecular flexibility index (Phi) is 11.6. The highest BCUT2D eigenvalue weighted by Crippen LogP contribution is 2.29. The first-order valence-electron chi connectivity index (χ1n) is 14.2. The van der Waals surface area contributed by atoms with Gasteiger partial charge in [-0.05, 0) is 62.4 Å². The number of benzene rings is 4. The minimum absolute atomic E-state index is 0.0499. The van der Waals surface area contributed by atoms with Crippen molar-refractivity contribution in [3.63, 3.8) is 0 Å². The summed E-state index contributed by atoms with van der Waals surface area (Å²) in [5.74, 6) is 0.607. The number of thioether (sulfide) groups is 1. The van der Waals surface area contributed by atoms with Crippen LogP contribution in [0.1, 0.15) is 29.8 Å². The van der Waals surface area contributed by atoms with Gasteiger partial charge in [0.1, 0.15) is 22.9 Å². The molecule has 0 fully saturated rings. The van der Waals surface area contributed by atoms with Crippen molar-refractivity contribution in [2.75, 3.05) is 31.5 Å². The van der Waals surface area contributed by atoms with Crippen LogP contribution in [0.4, 0.5) is 11.4 Å². The number of methoxy groups -OCH3 is 2. The SMILES string of the molecule is CCOc1ccccc1/C=C(\NC(=O)c1ccccc1)C(=O)Nc1ccc(SC(C)C(=O)Nc2cc(OC)cc(OC)c2)cc1. The van der Waals surface area contributed by atoms with E-state index in [0.29, 0.717) is 46.4 Å². The van der Waals surface area contributed by atoms with Crippen molar-refractivity contribution in [3.05, 3.63) is 114 Å². The Hall–Kier alpha value is -5.22. The van der Waals surface area contributed by atoms with Gasteiger partial charge in [0.2, 0.25) is 5.91 Å². The van der Waals surface area contributed by atoms with Crippen LogP contribution in [0.15, 0.2) is 108 Å². The highest BCUT2D eigenvalue weighted by atomic mass is 32.2. The Labute approximate surface area is 267 Å². The van der Waals surface area contributed by atoms with Gasteiger partial charge in [-0.25, -0.2) is 0 Å². The molecule has 0 saturated heterocycles. The Balaban J connectivity index is 1.45. The van der Waals surface area contributed by atoms with Crippen LogP contribution in [-0.2, 0) is 9.59 Å². The number of amides is 3. The molecule has 0 aromatic heterocycles. The standard InChI is InChI=1S/C35H35N3O6S/c1-5-44-32-14-10-9-13-25(32)19-31(38-34(40)24-11-7-6-8-12-24)35(41)36-26-15-17-30(18-16-26)45-23(2)33(39)37-27-20-28(42-3)22-29(21-27)43-4/h6-23H,5H2,1-4H3,(H,36,41)(H,37,39)(H,38,40)/b31-19-. The van der Waals surface area contributed by atoms with Crippen molar-refractivity contribution in [3.8, 4) is 17.2 Å². The van der Waals surface area contributed by atoms with Crippen molar-refractivity contribution in [2.24, 2.45) is 0 Å². The number of anilines is 2. The lowest BCUT2D eigenvalue weighted by atomic mass is 10.1. The van der Waals surface area contributed by atoms with Crippen LogP contribution in [0.5, 0.6) is 17.2 Å². The fourth-order valence-corrected chi connectivity index (χ4v) is 5.05. The van der Waals surface area contributed by atoms with E-state index >= 15 is 0 Å². The van der Waals surface area contributed by atoms with Crippen LogP contribution in [-0.4, -0.2) is 43.8 Å². The second-order valence-electron chi connectivity index (χ2n) is 9.68. The van der Waals surface area contributed by atoms with Crippen LogP contribution in [0, 0.1) is 0 Å². The van der Waals surface area contributed by atoms with E-state index in [1.807, 2.05) is 37.3 Å². The van der Waals surface area contributed by atoms with Gasteiger partial charge in [0, 0.05) is 45.6 Å². The van der Waals surface area contributed by atoms with Gasteiger partial charge in [-0.1, -0.05) is 36.4 Å². The molecule has 3 amide bonds. The maximum absolute atomic E-state index is 13.5. The van der Waals surface area contributed by atoms with Crippen molar-refractivity contribution < 1.29 is 28.6 Å². The molecule has 0 heterocycles. The quantitative estimate of drug-likeness (QED) is 0.113. The molecule has 0 spiro atoms. The smallest absolute Gasteiger partial charge is 0.272 e. The molecule has 0 aliphatic rings. The molecule has 0 aliphatic carbocycles. The molecule has 232 valence electrons. The topological polar surface area (TPSA) is 115 Å². The molecule has 0 bridgehead atoms. The van der Waals surface area contributed by atoms with E-state index in [1.165, 1.54) is 11.8 Å². The molecular weight excluding hydrogens is 590 g/mol. The molecule has 4 aromatic rings. The third kappa shape index (κ3) is 9.38. The minimum atomic E-state index is -0.507. The van der Waals surface area contributed by atoms with Crippen LogP contribution in [0.3, 0.4) is 0 Å². The van der Waals surface area contributed by atoms with Crippen LogP contribution in [0.25, 0.3) is 6.08 Å². The number of nitrogens with one attached hydrogen (secondary N) is 3. The fraction of sp³-hybridized carbons (Fsp3) is 0.171. The van der Waals surface area contributed by atoms with Gasteiger partial charge >= 0.3 is 0 Å². The summed E-state index contributed by atoms with van der Waals surface area (Å²) in [7, 11) is 3.09. The van der Waals surface area contributed by atoms with Crippen molar-refractivity contribution in [1.29, 1.82) is 0 Å². The monoisotopic (exact) mass is 625 g/mol. The summed E-state index contributed by atoms with van der Waals surface area (Å²) in [6.45, 7) is 4.13. The Morgan fingerprint density at radius 2 is 1.44 bits per heavy atom. The minimum Gasteiger partial charge on any atom is -0.497 e. The summed E-state index contributed by atoms with van der Waals surface area (Å²) < 4.78 is 16.3. The first-order valence-corrected chi connectivity index (χ1v) is 15.1. The molecule has 45 heavy (non-hydrogen) atoms. The zero-order valence-electron chi connectivity index (χ0n) is 25.5. The zero-order chi connectivity index (χ0) is 32.2. The Morgan fingerprint density at radius 3 is 2.09 bits per heavy atom. The number of hydrogen-bond acceptors (Lipinski definition) is 7. The Morgan fingerprint density at radius 1 is 0.800 bits per heavy atom. The summed E-state index contributed by atoms with van der Waals surface area (Å²) >= 11 is 1.37. The molecule has 10 heteroatoms. The maximum atomic E-state index is 13.5. The summed E-state index contributed by atoms with van der Waals surface area (Å²) in [4.78, 5) is 40.2. The van der Waals surface area contributed by atoms with Crippen LogP contribution >= 0.6 is 11.8 Å². The molecule has 0 saturated carbocycles. The van der Waals surface area contributed by atoms with Crippen LogP contribution in [0.2, 0.25) is 0 Å². The largest absolute Gasteiger partial charge is 0.497 e. The number of rotatable bonds is 13. The number of carbonyl (C=O) groups excluding carboxylic acids is 3. The molecule has 0 aliphatic heterocycles. The molecule has 0 radical (unpaired) electrons. The number of ether oxygens (including phenoxy) is 3. The lowest BCUT2D eigenvalue weighted by molar-refractivity contribution is -0.115. The van der Waals surface area contributed by atoms with Gasteiger partial charge in [-0.2, -0.15) is 0 Å². The normalized spacial score (nSPS) is 11.6. The van der Waals surface area contributed by atoms with Crippen molar-refractivity contribution in [2.45, 2.75) is 24.0 Å². The summed E-state index contributed by atoms with van der Waals surface area (Å²) in [5.41, 5.74) is 2.19. The number of carbonyl (C=O) groups is 3. The van der Waals surface area contributed by atoms with E-state index in [4.69, 9.17) is 14.2 Å². The van der Waals surface area contributed by atoms with Gasteiger partial charge < -0.3 is 30.2 Å². The summed E-state index contributed by atoms with van der Waals surface area (Å²) in [5, 5.41) is 8.07. The third-order valence-electron chi connectivity index (χ3n) is 6.46. The fourth-order valence-electron chi connectivity index (χ4n) is 4.18. The number of hydrogen-bond donors (Lipinski definition) is 3. The molecule has 4 aromatic carbocycles. The van der Waals surface area contributed by atoms with Gasteiger partial charge in [0.05, 0.1) is 26.1 Å². The predicted molar refractivity (Wildman–Crippen MR) is 178 cm³/mol. The van der Waals surface area contributed by atoms with Gasteiger partial charge in [0.15, 0.2) is 0 Å². The van der Waals surface area contributed by atoms with Crippen molar-refractivity contribution >= 4 is 46.9 Å². The average molecular weight is 626 g/mol. The van der Waals surface area contributed by atoms with E-state index in [-0.39, 0.29) is 11.6 Å². The molecule has 3 N–H and O–H groups in total. The van der Waals surface area contributed by atoms with Crippen LogP contribution < -0.4 is 30.2 Å². The zero-order valence-corrected chi connectivity index (χ0v) is 26.3. The molecule has 4 rings (SSSR count). The second kappa shape index (κ2) is 16.0. The summed E-state index contributed by atoms with van der Waals surface area (Å²) in [6, 6.07) is 28.2. The summed E-state index contributed by atoms with van der Waals surface area (Å²) in [6.07, 6.45) is 1.59. The first-order chi connectivity index (χ1) is 21.8.